The Kier molecular flexibility index (Phi) is 14.2. The van der Waals surface area contributed by atoms with Crippen molar-refractivity contribution >= 4 is 29.7 Å². The zero-order valence-electron chi connectivity index (χ0n) is 21.0. The fourth-order valence-corrected chi connectivity index (χ4v) is 4.36. The lowest BCUT2D eigenvalue weighted by Crippen LogP contribution is -2.46. The van der Waals surface area contributed by atoms with E-state index in [0.717, 1.165) is 37.0 Å². The van der Waals surface area contributed by atoms with Crippen LogP contribution in [0.4, 0.5) is 0 Å². The minimum atomic E-state index is -1.15. The highest BCUT2D eigenvalue weighted by Crippen LogP contribution is 2.25. The molecule has 0 aromatic heterocycles. The molecule has 2 aliphatic heterocycles. The molecule has 7 heteroatoms. The van der Waals surface area contributed by atoms with Gasteiger partial charge in [0.2, 0.25) is 0 Å². The largest absolute Gasteiger partial charge is 0.462 e. The molecule has 2 aliphatic rings. The molecule has 0 spiro atoms. The lowest BCUT2D eigenvalue weighted by Gasteiger charge is -2.31. The number of allylic oxidation sites excluding steroid dienone is 3. The predicted octanol–water partition coefficient (Wildman–Crippen LogP) is 5.27. The number of aliphatic hydroxyl groups excluding tert-OH is 1. The molecule has 0 aromatic carbocycles. The quantitative estimate of drug-likeness (QED) is 0.257. The van der Waals surface area contributed by atoms with E-state index in [1.165, 1.54) is 0 Å². The van der Waals surface area contributed by atoms with Crippen LogP contribution in [0, 0.1) is 11.8 Å². The monoisotopic (exact) mass is 479 g/mol. The third kappa shape index (κ3) is 11.3. The van der Waals surface area contributed by atoms with Crippen molar-refractivity contribution in [3.8, 4) is 0 Å². The van der Waals surface area contributed by atoms with Crippen LogP contribution in [-0.2, 0) is 19.1 Å². The van der Waals surface area contributed by atoms with Crippen LogP contribution in [0.15, 0.2) is 39.9 Å². The first-order valence-electron chi connectivity index (χ1n) is 11.8. The van der Waals surface area contributed by atoms with Crippen LogP contribution >= 0.6 is 11.8 Å². The molecule has 0 radical (unpaired) electrons. The number of fused-ring (bicyclic) bond motifs is 2. The Morgan fingerprint density at radius 3 is 2.64 bits per heavy atom. The number of ether oxygens (including phenoxy) is 2. The van der Waals surface area contributed by atoms with Crippen molar-refractivity contribution in [1.29, 1.82) is 0 Å². The van der Waals surface area contributed by atoms with Gasteiger partial charge in [-0.15, -0.1) is 11.8 Å². The number of ketones is 1. The maximum atomic E-state index is 12.7. The van der Waals surface area contributed by atoms with E-state index >= 15 is 0 Å². The van der Waals surface area contributed by atoms with Crippen molar-refractivity contribution in [2.75, 3.05) is 12.9 Å². The number of rotatable bonds is 3. The third-order valence-corrected chi connectivity index (χ3v) is 6.05. The molecule has 5 unspecified atom stereocenters. The first-order chi connectivity index (χ1) is 15.7. The number of carbonyl (C=O) groups excluding carboxylic acids is 2. The molecular formula is C26H41NO5S. The average molecular weight is 480 g/mol. The Labute approximate surface area is 203 Å². The number of esters is 1. The lowest BCUT2D eigenvalue weighted by atomic mass is 9.86. The van der Waals surface area contributed by atoms with Gasteiger partial charge in [0.25, 0.3) is 0 Å². The van der Waals surface area contributed by atoms with Crippen molar-refractivity contribution in [3.63, 3.8) is 0 Å². The van der Waals surface area contributed by atoms with Crippen LogP contribution < -0.4 is 0 Å². The Bertz CT molecular complexity index is 729. The molecule has 2 heterocycles. The van der Waals surface area contributed by atoms with Crippen molar-refractivity contribution < 1.29 is 24.2 Å². The number of nitrogens with zero attached hydrogens (tertiary/aromatic N) is 1. The van der Waals surface area contributed by atoms with Crippen molar-refractivity contribution in [3.05, 3.63) is 34.9 Å². The van der Waals surface area contributed by atoms with E-state index < -0.39 is 24.3 Å². The number of hydrogen-bond acceptors (Lipinski definition) is 7. The number of cyclic esters (lactones) is 1. The van der Waals surface area contributed by atoms with E-state index in [-0.39, 0.29) is 24.7 Å². The zero-order chi connectivity index (χ0) is 24.8. The van der Waals surface area contributed by atoms with Gasteiger partial charge in [-0.1, -0.05) is 38.0 Å². The van der Waals surface area contributed by atoms with Gasteiger partial charge >= 0.3 is 5.97 Å². The Hall–Kier alpha value is -1.70. The Morgan fingerprint density at radius 1 is 1.27 bits per heavy atom. The summed E-state index contributed by atoms with van der Waals surface area (Å²) in [5.74, 6) is -0.337. The van der Waals surface area contributed by atoms with E-state index in [0.29, 0.717) is 5.92 Å². The van der Waals surface area contributed by atoms with Gasteiger partial charge in [0.15, 0.2) is 5.78 Å². The summed E-state index contributed by atoms with van der Waals surface area (Å²) in [6.45, 7) is 10.1. The van der Waals surface area contributed by atoms with E-state index in [9.17, 15) is 14.7 Å². The molecule has 0 amide bonds. The summed E-state index contributed by atoms with van der Waals surface area (Å²) >= 11 is 1.66. The molecule has 33 heavy (non-hydrogen) atoms. The molecular weight excluding hydrogens is 438 g/mol. The van der Waals surface area contributed by atoms with E-state index in [1.54, 1.807) is 18.0 Å². The van der Waals surface area contributed by atoms with Crippen molar-refractivity contribution in [1.82, 2.24) is 0 Å². The highest BCUT2D eigenvalue weighted by Gasteiger charge is 2.36. The topological polar surface area (TPSA) is 85.2 Å². The first kappa shape index (κ1) is 29.3. The highest BCUT2D eigenvalue weighted by atomic mass is 32.2. The number of aliphatic hydroxyl groups is 1. The van der Waals surface area contributed by atoms with Gasteiger partial charge in [0.05, 0.1) is 18.2 Å². The fourth-order valence-electron chi connectivity index (χ4n) is 3.98. The standard InChI is InChI=1S/C18H28O5.C8H13NS/c1-11-5-4-6-12(2)8-14-10-22-16(20)9-15(19)18(23-14)17(21)13(3)7-11;1-4-6-8(7-10-3)9-5-2/h8,11,13-15,18-19H,4-7,9-10H2,1-3H3;4-7H,1-3H3/b12-8-;6-4-,8-7-,9-5?. The smallest absolute Gasteiger partial charge is 0.308 e. The van der Waals surface area contributed by atoms with Gasteiger partial charge in [0, 0.05) is 12.1 Å². The van der Waals surface area contributed by atoms with Gasteiger partial charge in [-0.05, 0) is 63.7 Å². The predicted molar refractivity (Wildman–Crippen MR) is 136 cm³/mol. The number of carbonyl (C=O) groups is 2. The number of hydrogen-bond donors (Lipinski definition) is 1. The van der Waals surface area contributed by atoms with Gasteiger partial charge < -0.3 is 14.6 Å². The molecule has 1 N–H and O–H groups in total. The van der Waals surface area contributed by atoms with Crippen LogP contribution in [0.3, 0.4) is 0 Å². The summed E-state index contributed by atoms with van der Waals surface area (Å²) in [6.07, 6.45) is 10.8. The second-order valence-corrected chi connectivity index (χ2v) is 9.47. The van der Waals surface area contributed by atoms with Crippen LogP contribution in [-0.4, -0.2) is 54.2 Å². The molecule has 0 aliphatic carbocycles. The molecule has 1 saturated heterocycles. The molecule has 0 saturated carbocycles. The zero-order valence-corrected chi connectivity index (χ0v) is 21.8. The Morgan fingerprint density at radius 2 is 2.00 bits per heavy atom. The summed E-state index contributed by atoms with van der Waals surface area (Å²) in [5.41, 5.74) is 2.17. The molecule has 6 nitrogen and oxygen atoms in total. The van der Waals surface area contributed by atoms with E-state index in [1.807, 2.05) is 57.6 Å². The molecule has 5 atom stereocenters. The maximum absolute atomic E-state index is 12.7. The highest BCUT2D eigenvalue weighted by molar-refractivity contribution is 8.01. The van der Waals surface area contributed by atoms with Crippen LogP contribution in [0.2, 0.25) is 0 Å². The minimum Gasteiger partial charge on any atom is -0.462 e. The third-order valence-electron chi connectivity index (χ3n) is 5.57. The number of Topliss-reactive ketones (excluding diaryl/α,β-unsaturated/α-hetero) is 1. The molecule has 2 rings (SSSR count). The number of aliphatic imine (C=N–C) groups is 1. The normalized spacial score (nSPS) is 31.9. The lowest BCUT2D eigenvalue weighted by molar-refractivity contribution is -0.169. The summed E-state index contributed by atoms with van der Waals surface area (Å²) in [4.78, 5) is 28.6. The van der Waals surface area contributed by atoms with Crippen LogP contribution in [0.1, 0.15) is 66.7 Å². The number of thioether (sulfide) groups is 1. The van der Waals surface area contributed by atoms with Crippen LogP contribution in [0.5, 0.6) is 0 Å². The van der Waals surface area contributed by atoms with Gasteiger partial charge in [-0.25, -0.2) is 0 Å². The molecule has 1 fully saturated rings. The maximum Gasteiger partial charge on any atom is 0.308 e. The van der Waals surface area contributed by atoms with Crippen molar-refractivity contribution in [2.24, 2.45) is 16.8 Å². The Balaban J connectivity index is 0.000000461. The van der Waals surface area contributed by atoms with Crippen LogP contribution in [0.25, 0.3) is 0 Å². The van der Waals surface area contributed by atoms with Gasteiger partial charge in [-0.3, -0.25) is 14.6 Å². The summed E-state index contributed by atoms with van der Waals surface area (Å²) in [6, 6.07) is 0. The second kappa shape index (κ2) is 16.0. The molecule has 186 valence electrons. The molecule has 0 aromatic rings. The SMILES string of the molecule is C/C1=C/C2COC(=O)CC(O)C(O2)C(=O)C(C)CC(C)CCC1.CC=NC(/C=C\C)=C\SC. The minimum absolute atomic E-state index is 0.0947. The second-order valence-electron chi connectivity index (χ2n) is 8.76. The first-order valence-corrected chi connectivity index (χ1v) is 13.0. The molecule has 2 bridgehead atoms. The van der Waals surface area contributed by atoms with Gasteiger partial charge in [0.1, 0.15) is 18.8 Å². The van der Waals surface area contributed by atoms with E-state index in [2.05, 4.69) is 11.9 Å². The van der Waals surface area contributed by atoms with E-state index in [4.69, 9.17) is 9.47 Å². The summed E-state index contributed by atoms with van der Waals surface area (Å²) in [7, 11) is 0. The van der Waals surface area contributed by atoms with Crippen molar-refractivity contribution in [2.45, 2.75) is 85.0 Å². The average Bonchev–Trinajstić information content (AvgIpc) is 2.74. The summed E-state index contributed by atoms with van der Waals surface area (Å²) < 4.78 is 11.0. The van der Waals surface area contributed by atoms with Gasteiger partial charge in [-0.2, -0.15) is 0 Å². The summed E-state index contributed by atoms with van der Waals surface area (Å²) in [5, 5.41) is 12.3. The fraction of sp³-hybridized carbons (Fsp3) is 0.654.